The van der Waals surface area contributed by atoms with Gasteiger partial charge in [0, 0.05) is 19.3 Å². The first-order valence-electron chi connectivity index (χ1n) is 36.0. The third kappa shape index (κ3) is 66.4. The van der Waals surface area contributed by atoms with Crippen LogP contribution in [0.5, 0.6) is 0 Å². The van der Waals surface area contributed by atoms with Crippen molar-refractivity contribution in [2.45, 2.75) is 406 Å². The van der Waals surface area contributed by atoms with E-state index in [4.69, 9.17) is 14.2 Å². The van der Waals surface area contributed by atoms with E-state index >= 15 is 0 Å². The zero-order valence-electron chi connectivity index (χ0n) is 54.1. The second-order valence-corrected chi connectivity index (χ2v) is 24.5. The maximum absolute atomic E-state index is 13.0. The Hall–Kier alpha value is -2.37. The third-order valence-corrected chi connectivity index (χ3v) is 16.4. The highest BCUT2D eigenvalue weighted by Crippen LogP contribution is 2.18. The van der Waals surface area contributed by atoms with Gasteiger partial charge >= 0.3 is 17.9 Å². The molecule has 0 heterocycles. The van der Waals surface area contributed by atoms with Gasteiger partial charge in [-0.05, 0) is 77.0 Å². The average molecular weight is 1120 g/mol. The van der Waals surface area contributed by atoms with Crippen molar-refractivity contribution >= 4 is 17.9 Å². The maximum atomic E-state index is 13.0. The summed E-state index contributed by atoms with van der Waals surface area (Å²) < 4.78 is 17.0. The van der Waals surface area contributed by atoms with Crippen molar-refractivity contribution in [3.63, 3.8) is 0 Å². The van der Waals surface area contributed by atoms with Gasteiger partial charge in [0.15, 0.2) is 6.10 Å². The maximum Gasteiger partial charge on any atom is 0.306 e. The first-order chi connectivity index (χ1) is 39.5. The van der Waals surface area contributed by atoms with Crippen LogP contribution in [0.15, 0.2) is 36.5 Å². The van der Waals surface area contributed by atoms with Crippen LogP contribution in [0.1, 0.15) is 400 Å². The van der Waals surface area contributed by atoms with Gasteiger partial charge in [-0.25, -0.2) is 0 Å². The Labute approximate surface area is 499 Å². The Bertz CT molecular complexity index is 1340. The molecule has 0 spiro atoms. The molecule has 0 bridgehead atoms. The smallest absolute Gasteiger partial charge is 0.306 e. The van der Waals surface area contributed by atoms with Crippen molar-refractivity contribution in [1.29, 1.82) is 0 Å². The zero-order valence-corrected chi connectivity index (χ0v) is 54.1. The number of allylic oxidation sites excluding steroid dienone is 6. The molecule has 0 aliphatic heterocycles. The highest BCUT2D eigenvalue weighted by molar-refractivity contribution is 5.71. The second kappa shape index (κ2) is 69.1. The van der Waals surface area contributed by atoms with E-state index in [9.17, 15) is 14.4 Å². The lowest BCUT2D eigenvalue weighted by Gasteiger charge is -2.18. The van der Waals surface area contributed by atoms with Crippen molar-refractivity contribution in [2.75, 3.05) is 13.2 Å². The molecule has 0 amide bonds. The lowest BCUT2D eigenvalue weighted by atomic mass is 10.0. The summed E-state index contributed by atoms with van der Waals surface area (Å²) in [7, 11) is 0. The molecule has 6 nitrogen and oxygen atoms in total. The summed E-state index contributed by atoms with van der Waals surface area (Å²) in [6, 6.07) is 0. The van der Waals surface area contributed by atoms with Crippen LogP contribution in [0, 0.1) is 0 Å². The normalized spacial score (nSPS) is 12.2. The number of hydrogen-bond donors (Lipinski definition) is 0. The van der Waals surface area contributed by atoms with E-state index < -0.39 is 6.10 Å². The minimum atomic E-state index is -0.773. The molecule has 0 fully saturated rings. The number of rotatable bonds is 67. The Kier molecular flexibility index (Phi) is 67.1. The van der Waals surface area contributed by atoms with Crippen LogP contribution in [-0.2, 0) is 28.6 Å². The lowest BCUT2D eigenvalue weighted by molar-refractivity contribution is -0.167. The van der Waals surface area contributed by atoms with Crippen LogP contribution in [0.25, 0.3) is 0 Å². The van der Waals surface area contributed by atoms with E-state index in [0.29, 0.717) is 19.3 Å². The van der Waals surface area contributed by atoms with Gasteiger partial charge in [0.2, 0.25) is 0 Å². The molecule has 80 heavy (non-hydrogen) atoms. The van der Waals surface area contributed by atoms with Crippen molar-refractivity contribution < 1.29 is 28.6 Å². The number of carbonyl (C=O) groups is 3. The van der Waals surface area contributed by atoms with Crippen molar-refractivity contribution in [2.24, 2.45) is 0 Å². The Morgan fingerprint density at radius 2 is 0.450 bits per heavy atom. The minimum Gasteiger partial charge on any atom is -0.462 e. The van der Waals surface area contributed by atoms with Crippen LogP contribution in [0.3, 0.4) is 0 Å². The van der Waals surface area contributed by atoms with E-state index in [1.165, 1.54) is 295 Å². The minimum absolute atomic E-state index is 0.0686. The molecule has 0 aromatic rings. The first-order valence-corrected chi connectivity index (χ1v) is 36.0. The van der Waals surface area contributed by atoms with E-state index in [2.05, 4.69) is 57.2 Å². The summed E-state index contributed by atoms with van der Waals surface area (Å²) in [5, 5.41) is 0. The number of ether oxygens (including phenoxy) is 3. The molecule has 0 rings (SSSR count). The topological polar surface area (TPSA) is 78.9 Å². The molecular formula is C74H138O6. The highest BCUT2D eigenvalue weighted by Gasteiger charge is 2.19. The second-order valence-electron chi connectivity index (χ2n) is 24.5. The molecule has 0 aromatic heterocycles. The monoisotopic (exact) mass is 1120 g/mol. The molecule has 0 N–H and O–H groups in total. The molecule has 0 saturated carbocycles. The number of carbonyl (C=O) groups excluding carboxylic acids is 3. The zero-order chi connectivity index (χ0) is 57.8. The van der Waals surface area contributed by atoms with Crippen LogP contribution < -0.4 is 0 Å². The SMILES string of the molecule is CCCCCCC/C=C\C/C=C\CCCCCCCCCCCCCCCC(=O)OCC(COC(=O)CCCCCCCCC/C=C\CCCCCCCC)OC(=O)CCCCCCCCCCCCCCCCCCCCCC. The Balaban J connectivity index is 4.29. The summed E-state index contributed by atoms with van der Waals surface area (Å²) in [5.41, 5.74) is 0. The van der Waals surface area contributed by atoms with Crippen molar-refractivity contribution in [3.8, 4) is 0 Å². The Morgan fingerprint density at radius 1 is 0.250 bits per heavy atom. The molecule has 1 unspecified atom stereocenters. The van der Waals surface area contributed by atoms with Crippen LogP contribution in [0.2, 0.25) is 0 Å². The van der Waals surface area contributed by atoms with Gasteiger partial charge in [-0.15, -0.1) is 0 Å². The van der Waals surface area contributed by atoms with Crippen LogP contribution in [0.4, 0.5) is 0 Å². The fourth-order valence-electron chi connectivity index (χ4n) is 10.9. The summed E-state index contributed by atoms with van der Waals surface area (Å²) in [4.78, 5) is 38.5. The van der Waals surface area contributed by atoms with Gasteiger partial charge in [0.1, 0.15) is 13.2 Å². The summed E-state index contributed by atoms with van der Waals surface area (Å²) in [6.07, 6.45) is 86.0. The van der Waals surface area contributed by atoms with Gasteiger partial charge in [0.05, 0.1) is 0 Å². The van der Waals surface area contributed by atoms with Crippen LogP contribution >= 0.6 is 0 Å². The Morgan fingerprint density at radius 3 is 0.700 bits per heavy atom. The van der Waals surface area contributed by atoms with E-state index in [-0.39, 0.29) is 31.1 Å². The van der Waals surface area contributed by atoms with Gasteiger partial charge in [0.25, 0.3) is 0 Å². The van der Waals surface area contributed by atoms with Gasteiger partial charge in [-0.3, -0.25) is 14.4 Å². The lowest BCUT2D eigenvalue weighted by Crippen LogP contribution is -2.30. The molecule has 0 aliphatic rings. The fourth-order valence-corrected chi connectivity index (χ4v) is 10.9. The molecule has 0 radical (unpaired) electrons. The van der Waals surface area contributed by atoms with Gasteiger partial charge in [-0.1, -0.05) is 340 Å². The number of hydrogen-bond acceptors (Lipinski definition) is 6. The number of esters is 3. The predicted octanol–water partition coefficient (Wildman–Crippen LogP) is 24.7. The summed E-state index contributed by atoms with van der Waals surface area (Å²) in [6.45, 7) is 6.70. The van der Waals surface area contributed by atoms with Gasteiger partial charge in [-0.2, -0.15) is 0 Å². The number of unbranched alkanes of at least 4 members (excludes halogenated alkanes) is 50. The van der Waals surface area contributed by atoms with Gasteiger partial charge < -0.3 is 14.2 Å². The van der Waals surface area contributed by atoms with Crippen LogP contribution in [-0.4, -0.2) is 37.2 Å². The standard InChI is InChI=1S/C74H138O6/c1-4-7-10-13-16-19-22-25-28-31-33-35-36-37-38-39-41-43-46-49-52-55-58-61-64-67-73(76)79-70-71(69-78-72(75)66-63-60-57-54-51-48-45-42-30-27-24-21-18-15-12-9-6-3)80-74(77)68-65-62-59-56-53-50-47-44-40-34-32-29-26-23-20-17-14-11-8-5-2/h22,25,27,30-31,33,71H,4-21,23-24,26,28-29,32,34-70H2,1-3H3/b25-22-,30-27-,33-31-. The summed E-state index contributed by atoms with van der Waals surface area (Å²) >= 11 is 0. The molecule has 0 aliphatic carbocycles. The third-order valence-electron chi connectivity index (χ3n) is 16.4. The molecule has 1 atom stereocenters. The molecule has 470 valence electrons. The molecule has 0 saturated heterocycles. The molecule has 6 heteroatoms. The van der Waals surface area contributed by atoms with E-state index in [1.54, 1.807) is 0 Å². The summed E-state index contributed by atoms with van der Waals surface area (Å²) in [5.74, 6) is -0.842. The average Bonchev–Trinajstić information content (AvgIpc) is 3.46. The van der Waals surface area contributed by atoms with E-state index in [1.807, 2.05) is 0 Å². The molecule has 0 aromatic carbocycles. The first kappa shape index (κ1) is 77.6. The largest absolute Gasteiger partial charge is 0.462 e. The predicted molar refractivity (Wildman–Crippen MR) is 349 cm³/mol. The van der Waals surface area contributed by atoms with E-state index in [0.717, 1.165) is 64.2 Å². The van der Waals surface area contributed by atoms with Crippen molar-refractivity contribution in [3.05, 3.63) is 36.5 Å². The van der Waals surface area contributed by atoms with Crippen molar-refractivity contribution in [1.82, 2.24) is 0 Å². The molecular weight excluding hydrogens is 985 g/mol. The highest BCUT2D eigenvalue weighted by atomic mass is 16.6. The quantitative estimate of drug-likeness (QED) is 0.0261. The fraction of sp³-hybridized carbons (Fsp3) is 0.878.